The number of amides is 1. The standard InChI is InChI=1S/C26H22N4O2/c1-32-24-10-3-2-6-17(24)8-5-15-27-30-26(31)23-16-22(28-29-23)20-14-13-19-12-11-18-7-4-9-21(20)25(18)19/h2-10,13-16H,11-12H2,1H3,(H,28,29)(H,30,31). The summed E-state index contributed by atoms with van der Waals surface area (Å²) in [6.07, 6.45) is 7.27. The van der Waals surface area contributed by atoms with E-state index in [9.17, 15) is 4.79 Å². The molecule has 158 valence electrons. The van der Waals surface area contributed by atoms with Gasteiger partial charge in [-0.3, -0.25) is 9.89 Å². The molecular weight excluding hydrogens is 400 g/mol. The van der Waals surface area contributed by atoms with E-state index in [-0.39, 0.29) is 5.91 Å². The molecule has 0 bridgehead atoms. The summed E-state index contributed by atoms with van der Waals surface area (Å²) in [6.45, 7) is 0. The number of benzene rings is 3. The molecule has 4 aromatic rings. The van der Waals surface area contributed by atoms with Gasteiger partial charge in [-0.25, -0.2) is 5.43 Å². The first-order chi connectivity index (χ1) is 15.7. The van der Waals surface area contributed by atoms with Gasteiger partial charge in [-0.05, 0) is 59.0 Å². The number of para-hydroxylation sites is 1. The van der Waals surface area contributed by atoms with Crippen LogP contribution in [0.2, 0.25) is 0 Å². The number of hydrogen-bond acceptors (Lipinski definition) is 4. The van der Waals surface area contributed by atoms with Gasteiger partial charge in [0.25, 0.3) is 5.91 Å². The molecule has 3 aromatic carbocycles. The van der Waals surface area contributed by atoms with Crippen molar-refractivity contribution in [1.82, 2.24) is 15.6 Å². The molecule has 1 aliphatic carbocycles. The number of allylic oxidation sites excluding steroid dienone is 1. The van der Waals surface area contributed by atoms with Crippen molar-refractivity contribution in [1.29, 1.82) is 0 Å². The zero-order valence-corrected chi connectivity index (χ0v) is 17.6. The van der Waals surface area contributed by atoms with E-state index in [2.05, 4.69) is 51.1 Å². The van der Waals surface area contributed by atoms with Gasteiger partial charge in [-0.2, -0.15) is 10.2 Å². The minimum Gasteiger partial charge on any atom is -0.496 e. The van der Waals surface area contributed by atoms with Gasteiger partial charge in [-0.15, -0.1) is 0 Å². The maximum atomic E-state index is 12.5. The molecule has 6 heteroatoms. The molecular formula is C26H22N4O2. The first-order valence-corrected chi connectivity index (χ1v) is 10.5. The third-order valence-corrected chi connectivity index (χ3v) is 5.72. The maximum Gasteiger partial charge on any atom is 0.289 e. The molecule has 1 heterocycles. The molecule has 0 spiro atoms. The third kappa shape index (κ3) is 3.67. The van der Waals surface area contributed by atoms with Crippen molar-refractivity contribution in [2.24, 2.45) is 5.10 Å². The Bertz CT molecular complexity index is 1360. The predicted molar refractivity (Wildman–Crippen MR) is 127 cm³/mol. The van der Waals surface area contributed by atoms with E-state index in [0.717, 1.165) is 35.4 Å². The summed E-state index contributed by atoms with van der Waals surface area (Å²) in [5.41, 5.74) is 8.32. The van der Waals surface area contributed by atoms with Crippen LogP contribution in [0.3, 0.4) is 0 Å². The Labute approximate surface area is 185 Å². The Morgan fingerprint density at radius 2 is 1.94 bits per heavy atom. The number of H-pyrrole nitrogens is 1. The number of methoxy groups -OCH3 is 1. The first-order valence-electron chi connectivity index (χ1n) is 10.5. The highest BCUT2D eigenvalue weighted by molar-refractivity contribution is 6.02. The number of rotatable bonds is 6. The number of ether oxygens (including phenoxy) is 1. The second kappa shape index (κ2) is 8.51. The number of aryl methyl sites for hydroxylation is 2. The molecule has 1 aliphatic rings. The minimum atomic E-state index is -0.350. The fraction of sp³-hybridized carbons (Fsp3) is 0.115. The monoisotopic (exact) mass is 422 g/mol. The van der Waals surface area contributed by atoms with Crippen molar-refractivity contribution in [3.8, 4) is 17.0 Å². The van der Waals surface area contributed by atoms with E-state index in [4.69, 9.17) is 4.74 Å². The van der Waals surface area contributed by atoms with Crippen molar-refractivity contribution >= 4 is 29.0 Å². The van der Waals surface area contributed by atoms with E-state index < -0.39 is 0 Å². The molecule has 0 saturated carbocycles. The number of hydrogen-bond donors (Lipinski definition) is 2. The molecule has 2 N–H and O–H groups in total. The SMILES string of the molecule is COc1ccccc1C=CC=NNC(=O)c1cc(-c2ccc3c4c(cccc24)CC3)n[nH]1. The van der Waals surface area contributed by atoms with Crippen molar-refractivity contribution in [2.45, 2.75) is 12.8 Å². The van der Waals surface area contributed by atoms with E-state index in [0.29, 0.717) is 5.69 Å². The molecule has 1 aromatic heterocycles. The lowest BCUT2D eigenvalue weighted by Crippen LogP contribution is -2.17. The van der Waals surface area contributed by atoms with Crippen molar-refractivity contribution in [3.63, 3.8) is 0 Å². The molecule has 0 radical (unpaired) electrons. The van der Waals surface area contributed by atoms with Gasteiger partial charge in [0.05, 0.1) is 12.8 Å². The van der Waals surface area contributed by atoms with Crippen LogP contribution in [-0.2, 0) is 12.8 Å². The van der Waals surface area contributed by atoms with Gasteiger partial charge in [0.2, 0.25) is 0 Å². The highest BCUT2D eigenvalue weighted by atomic mass is 16.5. The molecule has 32 heavy (non-hydrogen) atoms. The quantitative estimate of drug-likeness (QED) is 0.347. The lowest BCUT2D eigenvalue weighted by Gasteiger charge is -2.06. The summed E-state index contributed by atoms with van der Waals surface area (Å²) in [4.78, 5) is 12.5. The van der Waals surface area contributed by atoms with Gasteiger partial charge in [-0.1, -0.05) is 48.5 Å². The fourth-order valence-corrected chi connectivity index (χ4v) is 4.20. The molecule has 0 unspecified atom stereocenters. The van der Waals surface area contributed by atoms with E-state index in [1.54, 1.807) is 19.3 Å². The fourth-order valence-electron chi connectivity index (χ4n) is 4.20. The average molecular weight is 422 g/mol. The smallest absolute Gasteiger partial charge is 0.289 e. The molecule has 1 amide bonds. The predicted octanol–water partition coefficient (Wildman–Crippen LogP) is 4.77. The first kappa shape index (κ1) is 19.8. The number of nitrogens with zero attached hydrogens (tertiary/aromatic N) is 2. The Kier molecular flexibility index (Phi) is 5.25. The number of aromatic amines is 1. The summed E-state index contributed by atoms with van der Waals surface area (Å²) < 4.78 is 5.30. The van der Waals surface area contributed by atoms with Crippen LogP contribution in [0.25, 0.3) is 28.1 Å². The lowest BCUT2D eigenvalue weighted by molar-refractivity contribution is 0.0950. The van der Waals surface area contributed by atoms with Crippen molar-refractivity contribution < 1.29 is 9.53 Å². The highest BCUT2D eigenvalue weighted by Gasteiger charge is 2.18. The Morgan fingerprint density at radius 3 is 2.81 bits per heavy atom. The second-order valence-corrected chi connectivity index (χ2v) is 7.60. The summed E-state index contributed by atoms with van der Waals surface area (Å²) in [7, 11) is 1.63. The molecule has 0 atom stereocenters. The number of carbonyl (C=O) groups excluding carboxylic acids is 1. The molecule has 0 saturated heterocycles. The van der Waals surface area contributed by atoms with Gasteiger partial charge >= 0.3 is 0 Å². The van der Waals surface area contributed by atoms with E-state index in [1.807, 2.05) is 30.3 Å². The van der Waals surface area contributed by atoms with E-state index in [1.165, 1.54) is 28.1 Å². The minimum absolute atomic E-state index is 0.350. The van der Waals surface area contributed by atoms with Crippen LogP contribution in [0, 0.1) is 0 Å². The summed E-state index contributed by atoms with van der Waals surface area (Å²) in [5.74, 6) is 0.422. The maximum absolute atomic E-state index is 12.5. The van der Waals surface area contributed by atoms with Gasteiger partial charge < -0.3 is 4.74 Å². The Hall–Kier alpha value is -4.19. The van der Waals surface area contributed by atoms with Crippen LogP contribution < -0.4 is 10.2 Å². The highest BCUT2D eigenvalue weighted by Crippen LogP contribution is 2.36. The third-order valence-electron chi connectivity index (χ3n) is 5.72. The molecule has 0 aliphatic heterocycles. The zero-order chi connectivity index (χ0) is 21.9. The van der Waals surface area contributed by atoms with Crippen LogP contribution in [0.15, 0.2) is 71.8 Å². The zero-order valence-electron chi connectivity index (χ0n) is 17.6. The number of hydrazone groups is 1. The topological polar surface area (TPSA) is 79.4 Å². The summed E-state index contributed by atoms with van der Waals surface area (Å²) >= 11 is 0. The van der Waals surface area contributed by atoms with E-state index >= 15 is 0 Å². The summed E-state index contributed by atoms with van der Waals surface area (Å²) in [6, 6.07) is 20.1. The van der Waals surface area contributed by atoms with Crippen LogP contribution in [0.5, 0.6) is 5.75 Å². The molecule has 6 nitrogen and oxygen atoms in total. The van der Waals surface area contributed by atoms with Gasteiger partial charge in [0.15, 0.2) is 0 Å². The van der Waals surface area contributed by atoms with Crippen LogP contribution in [-0.4, -0.2) is 29.4 Å². The van der Waals surface area contributed by atoms with Gasteiger partial charge in [0.1, 0.15) is 11.4 Å². The second-order valence-electron chi connectivity index (χ2n) is 7.60. The largest absolute Gasteiger partial charge is 0.496 e. The number of aromatic nitrogens is 2. The van der Waals surface area contributed by atoms with Gasteiger partial charge in [0, 0.05) is 17.3 Å². The number of carbonyl (C=O) groups is 1. The van der Waals surface area contributed by atoms with Crippen LogP contribution >= 0.6 is 0 Å². The lowest BCUT2D eigenvalue weighted by atomic mass is 9.98. The summed E-state index contributed by atoms with van der Waals surface area (Å²) in [5, 5.41) is 13.7. The normalized spacial score (nSPS) is 12.8. The van der Waals surface area contributed by atoms with Crippen molar-refractivity contribution in [2.75, 3.05) is 7.11 Å². The molecule has 5 rings (SSSR count). The van der Waals surface area contributed by atoms with Crippen LogP contribution in [0.4, 0.5) is 0 Å². The Morgan fingerprint density at radius 1 is 1.09 bits per heavy atom. The molecule has 0 fully saturated rings. The average Bonchev–Trinajstić information content (AvgIpc) is 3.48. The number of nitrogens with one attached hydrogen (secondary N) is 2. The van der Waals surface area contributed by atoms with Crippen molar-refractivity contribution in [3.05, 3.63) is 89.1 Å². The van der Waals surface area contributed by atoms with Crippen LogP contribution in [0.1, 0.15) is 27.2 Å². The Balaban J connectivity index is 1.29.